The number of aryl methyl sites for hydroxylation is 1. The van der Waals surface area contributed by atoms with Crippen molar-refractivity contribution in [3.05, 3.63) is 52.6 Å². The van der Waals surface area contributed by atoms with E-state index in [0.717, 1.165) is 30.5 Å². The molecular weight excluding hydrogens is 294 g/mol. The number of hydrogen-bond acceptors (Lipinski definition) is 4. The van der Waals surface area contributed by atoms with Crippen molar-refractivity contribution in [3.8, 4) is 0 Å². The van der Waals surface area contributed by atoms with E-state index in [1.54, 1.807) is 19.1 Å². The van der Waals surface area contributed by atoms with Crippen LogP contribution in [0, 0.1) is 12.8 Å². The standard InChI is InChI=1S/C17H15N3O3/c1-9-7-15(20-23-9)17(22)18-10-5-6-12-11-3-2-4-13(11)16(21)19-14(12)8-10/h5-8,12H,2-4H2,1H3,(H,19,21). The second-order valence-corrected chi connectivity index (χ2v) is 5.91. The Morgan fingerprint density at radius 3 is 3.09 bits per heavy atom. The number of allylic oxidation sites excluding steroid dienone is 3. The molecule has 0 fully saturated rings. The molecule has 0 bridgehead atoms. The van der Waals surface area contributed by atoms with Gasteiger partial charge in [0.15, 0.2) is 5.69 Å². The van der Waals surface area contributed by atoms with Crippen LogP contribution in [0.3, 0.4) is 0 Å². The molecule has 1 aliphatic heterocycles. The second-order valence-electron chi connectivity index (χ2n) is 5.91. The van der Waals surface area contributed by atoms with Crippen LogP contribution in [-0.2, 0) is 4.79 Å². The van der Waals surface area contributed by atoms with Crippen LogP contribution in [0.5, 0.6) is 0 Å². The van der Waals surface area contributed by atoms with E-state index in [0.29, 0.717) is 11.5 Å². The maximum absolute atomic E-state index is 12.1. The van der Waals surface area contributed by atoms with E-state index in [4.69, 9.17) is 4.52 Å². The third kappa shape index (κ3) is 2.36. The Balaban J connectivity index is 1.63. The monoisotopic (exact) mass is 309 g/mol. The van der Waals surface area contributed by atoms with Crippen LogP contribution in [0.4, 0.5) is 0 Å². The lowest BCUT2D eigenvalue weighted by Gasteiger charge is -2.28. The highest BCUT2D eigenvalue weighted by Gasteiger charge is 2.34. The molecule has 0 saturated carbocycles. The average molecular weight is 309 g/mol. The third-order valence-corrected chi connectivity index (χ3v) is 4.34. The fourth-order valence-corrected chi connectivity index (χ4v) is 3.30. The number of carbonyl (C=O) groups is 2. The zero-order valence-corrected chi connectivity index (χ0v) is 12.6. The molecule has 2 amide bonds. The number of hydrogen-bond donors (Lipinski definition) is 1. The van der Waals surface area contributed by atoms with Crippen molar-refractivity contribution in [2.75, 3.05) is 0 Å². The Bertz CT molecular complexity index is 839. The summed E-state index contributed by atoms with van der Waals surface area (Å²) in [6, 6.07) is 1.55. The lowest BCUT2D eigenvalue weighted by molar-refractivity contribution is -0.117. The molecule has 0 aromatic carbocycles. The van der Waals surface area contributed by atoms with E-state index in [-0.39, 0.29) is 17.5 Å². The van der Waals surface area contributed by atoms with E-state index in [9.17, 15) is 9.59 Å². The molecule has 6 nitrogen and oxygen atoms in total. The molecule has 2 aliphatic carbocycles. The lowest BCUT2D eigenvalue weighted by Crippen LogP contribution is -2.35. The van der Waals surface area contributed by atoms with Gasteiger partial charge in [0.25, 0.3) is 11.8 Å². The number of fused-ring (bicyclic) bond motifs is 2. The number of amides is 2. The van der Waals surface area contributed by atoms with Gasteiger partial charge >= 0.3 is 0 Å². The van der Waals surface area contributed by atoms with Crippen molar-refractivity contribution in [2.45, 2.75) is 26.2 Å². The molecule has 1 unspecified atom stereocenters. The summed E-state index contributed by atoms with van der Waals surface area (Å²) in [5, 5.41) is 6.59. The van der Waals surface area contributed by atoms with Gasteiger partial charge in [0.2, 0.25) is 0 Å². The van der Waals surface area contributed by atoms with E-state index < -0.39 is 5.91 Å². The van der Waals surface area contributed by atoms with Crippen LogP contribution in [0.1, 0.15) is 35.5 Å². The minimum absolute atomic E-state index is 0.0203. The summed E-state index contributed by atoms with van der Waals surface area (Å²) in [5.41, 5.74) is 3.60. The molecule has 1 aromatic rings. The molecule has 23 heavy (non-hydrogen) atoms. The Hall–Kier alpha value is -2.76. The molecule has 4 rings (SSSR count). The largest absolute Gasteiger partial charge is 0.361 e. The Kier molecular flexibility index (Phi) is 3.11. The summed E-state index contributed by atoms with van der Waals surface area (Å²) in [6.07, 6.45) is 8.41. The predicted molar refractivity (Wildman–Crippen MR) is 82.7 cm³/mol. The highest BCUT2D eigenvalue weighted by Crippen LogP contribution is 2.39. The molecule has 1 N–H and O–H groups in total. The second kappa shape index (κ2) is 5.15. The van der Waals surface area contributed by atoms with E-state index in [2.05, 4.69) is 15.5 Å². The molecule has 0 saturated heterocycles. The van der Waals surface area contributed by atoms with Gasteiger partial charge in [0.1, 0.15) is 5.76 Å². The SMILES string of the molecule is Cc1cc(C(=O)N=C2C=CC3C(=C2)NC(=O)C2=C3CCC2)no1. The predicted octanol–water partition coefficient (Wildman–Crippen LogP) is 2.24. The average Bonchev–Trinajstić information content (AvgIpc) is 3.16. The molecule has 2 heterocycles. The van der Waals surface area contributed by atoms with Crippen molar-refractivity contribution < 1.29 is 14.1 Å². The first-order valence-corrected chi connectivity index (χ1v) is 7.61. The molecule has 116 valence electrons. The van der Waals surface area contributed by atoms with Crippen molar-refractivity contribution in [1.29, 1.82) is 0 Å². The number of rotatable bonds is 1. The fourth-order valence-electron chi connectivity index (χ4n) is 3.30. The minimum Gasteiger partial charge on any atom is -0.361 e. The summed E-state index contributed by atoms with van der Waals surface area (Å²) < 4.78 is 4.89. The smallest absolute Gasteiger partial charge is 0.299 e. The van der Waals surface area contributed by atoms with Crippen molar-refractivity contribution in [3.63, 3.8) is 0 Å². The quantitative estimate of drug-likeness (QED) is 0.862. The first-order valence-electron chi connectivity index (χ1n) is 7.61. The normalized spacial score (nSPS) is 24.4. The summed E-state index contributed by atoms with van der Waals surface area (Å²) in [5.74, 6) is 0.188. The number of nitrogens with zero attached hydrogens (tertiary/aromatic N) is 2. The van der Waals surface area contributed by atoms with Crippen molar-refractivity contribution >= 4 is 17.5 Å². The molecule has 0 radical (unpaired) electrons. The van der Waals surface area contributed by atoms with Gasteiger partial charge in [-0.2, -0.15) is 0 Å². The highest BCUT2D eigenvalue weighted by molar-refractivity contribution is 6.14. The van der Waals surface area contributed by atoms with Crippen LogP contribution in [-0.4, -0.2) is 22.7 Å². The highest BCUT2D eigenvalue weighted by atomic mass is 16.5. The maximum Gasteiger partial charge on any atom is 0.299 e. The minimum atomic E-state index is -0.459. The molecule has 0 spiro atoms. The van der Waals surface area contributed by atoms with Gasteiger partial charge in [-0.25, -0.2) is 4.99 Å². The van der Waals surface area contributed by atoms with Crippen LogP contribution in [0.25, 0.3) is 0 Å². The number of carbonyl (C=O) groups excluding carboxylic acids is 2. The number of aliphatic imine (C=N–C) groups is 1. The molecule has 1 atom stereocenters. The van der Waals surface area contributed by atoms with Crippen LogP contribution >= 0.6 is 0 Å². The summed E-state index contributed by atoms with van der Waals surface area (Å²) in [6.45, 7) is 1.72. The Morgan fingerprint density at radius 1 is 1.43 bits per heavy atom. The zero-order chi connectivity index (χ0) is 16.0. The van der Waals surface area contributed by atoms with Crippen molar-refractivity contribution in [1.82, 2.24) is 10.5 Å². The van der Waals surface area contributed by atoms with Crippen LogP contribution in [0.2, 0.25) is 0 Å². The fraction of sp³-hybridized carbons (Fsp3) is 0.294. The first-order chi connectivity index (χ1) is 11.1. The molecule has 3 aliphatic rings. The lowest BCUT2D eigenvalue weighted by atomic mass is 9.85. The topological polar surface area (TPSA) is 84.6 Å². The van der Waals surface area contributed by atoms with E-state index in [1.165, 1.54) is 5.57 Å². The van der Waals surface area contributed by atoms with Gasteiger partial charge in [0, 0.05) is 23.3 Å². The van der Waals surface area contributed by atoms with Crippen molar-refractivity contribution in [2.24, 2.45) is 10.9 Å². The van der Waals surface area contributed by atoms with Gasteiger partial charge in [-0.15, -0.1) is 0 Å². The van der Waals surface area contributed by atoms with Gasteiger partial charge < -0.3 is 9.84 Å². The Labute approximate surface area is 132 Å². The van der Waals surface area contributed by atoms with E-state index in [1.807, 2.05) is 12.2 Å². The van der Waals surface area contributed by atoms with Gasteiger partial charge in [-0.1, -0.05) is 11.2 Å². The third-order valence-electron chi connectivity index (χ3n) is 4.34. The molecular formula is C17H15N3O3. The molecule has 1 aromatic heterocycles. The Morgan fingerprint density at radius 2 is 2.30 bits per heavy atom. The number of nitrogens with one attached hydrogen (secondary N) is 1. The van der Waals surface area contributed by atoms with Gasteiger partial charge in [-0.3, -0.25) is 9.59 Å². The molecule has 6 heteroatoms. The summed E-state index contributed by atoms with van der Waals surface area (Å²) >= 11 is 0. The summed E-state index contributed by atoms with van der Waals surface area (Å²) in [7, 11) is 0. The zero-order valence-electron chi connectivity index (χ0n) is 12.6. The summed E-state index contributed by atoms with van der Waals surface area (Å²) in [4.78, 5) is 28.2. The van der Waals surface area contributed by atoms with Crippen LogP contribution < -0.4 is 5.32 Å². The van der Waals surface area contributed by atoms with Gasteiger partial charge in [0.05, 0.1) is 5.71 Å². The first kappa shape index (κ1) is 13.9. The van der Waals surface area contributed by atoms with E-state index >= 15 is 0 Å². The van der Waals surface area contributed by atoms with Crippen LogP contribution in [0.15, 0.2) is 50.7 Å². The van der Waals surface area contributed by atoms with Gasteiger partial charge in [-0.05, 0) is 43.9 Å². The number of aromatic nitrogens is 1. The maximum atomic E-state index is 12.1.